The van der Waals surface area contributed by atoms with Gasteiger partial charge in [-0.3, -0.25) is 4.98 Å². The normalized spacial score (nSPS) is 17.0. The Kier molecular flexibility index (Phi) is 4.61. The van der Waals surface area contributed by atoms with E-state index in [2.05, 4.69) is 30.5 Å². The molecule has 0 aromatic carbocycles. The molecule has 6 nitrogen and oxygen atoms in total. The minimum Gasteiger partial charge on any atom is -0.355 e. The van der Waals surface area contributed by atoms with Crippen molar-refractivity contribution in [2.45, 2.75) is 25.3 Å². The van der Waals surface area contributed by atoms with Crippen LogP contribution in [-0.2, 0) is 6.54 Å². The summed E-state index contributed by atoms with van der Waals surface area (Å²) < 4.78 is 2.18. The Balaban J connectivity index is 1.56. The van der Waals surface area contributed by atoms with Crippen LogP contribution in [0.15, 0.2) is 55.1 Å². The first-order valence-corrected chi connectivity index (χ1v) is 8.86. The first-order valence-electron chi connectivity index (χ1n) is 8.86. The van der Waals surface area contributed by atoms with Gasteiger partial charge >= 0.3 is 0 Å². The van der Waals surface area contributed by atoms with Gasteiger partial charge in [-0.15, -0.1) is 0 Å². The van der Waals surface area contributed by atoms with Gasteiger partial charge < -0.3 is 9.47 Å². The van der Waals surface area contributed by atoms with Gasteiger partial charge in [0, 0.05) is 43.8 Å². The molecule has 0 saturated carbocycles. The SMILES string of the molecule is N#Cc1cccnc1N1CCC[C@H](c2nccn2Cc2ccccn2)C1. The van der Waals surface area contributed by atoms with Crippen LogP contribution in [0.3, 0.4) is 0 Å². The highest BCUT2D eigenvalue weighted by Crippen LogP contribution is 2.29. The number of aromatic nitrogens is 4. The zero-order valence-electron chi connectivity index (χ0n) is 14.5. The van der Waals surface area contributed by atoms with Crippen molar-refractivity contribution >= 4 is 5.82 Å². The van der Waals surface area contributed by atoms with E-state index in [1.54, 1.807) is 6.20 Å². The molecule has 0 N–H and O–H groups in total. The van der Waals surface area contributed by atoms with E-state index >= 15 is 0 Å². The molecule has 1 aliphatic rings. The summed E-state index contributed by atoms with van der Waals surface area (Å²) in [7, 11) is 0. The summed E-state index contributed by atoms with van der Waals surface area (Å²) in [6.07, 6.45) is 9.59. The van der Waals surface area contributed by atoms with E-state index in [4.69, 9.17) is 0 Å². The Morgan fingerprint density at radius 2 is 2.00 bits per heavy atom. The molecule has 3 aromatic rings. The molecule has 1 fully saturated rings. The molecule has 0 radical (unpaired) electrons. The molecule has 130 valence electrons. The van der Waals surface area contributed by atoms with Gasteiger partial charge in [0.05, 0.1) is 17.8 Å². The number of nitriles is 1. The van der Waals surface area contributed by atoms with Crippen LogP contribution in [0.25, 0.3) is 0 Å². The van der Waals surface area contributed by atoms with E-state index in [1.807, 2.05) is 48.9 Å². The zero-order chi connectivity index (χ0) is 17.8. The van der Waals surface area contributed by atoms with E-state index in [-0.39, 0.29) is 0 Å². The minimum atomic E-state index is 0.316. The Morgan fingerprint density at radius 3 is 2.85 bits per heavy atom. The lowest BCUT2D eigenvalue weighted by Crippen LogP contribution is -2.36. The Hall–Kier alpha value is -3.20. The number of hydrogen-bond acceptors (Lipinski definition) is 5. The van der Waals surface area contributed by atoms with Crippen molar-refractivity contribution in [3.8, 4) is 6.07 Å². The lowest BCUT2D eigenvalue weighted by atomic mass is 9.96. The molecule has 0 spiro atoms. The van der Waals surface area contributed by atoms with Gasteiger partial charge in [-0.1, -0.05) is 6.07 Å². The Bertz CT molecular complexity index is 911. The fourth-order valence-electron chi connectivity index (χ4n) is 3.60. The molecule has 26 heavy (non-hydrogen) atoms. The Morgan fingerprint density at radius 1 is 1.08 bits per heavy atom. The lowest BCUT2D eigenvalue weighted by Gasteiger charge is -2.33. The van der Waals surface area contributed by atoms with Crippen molar-refractivity contribution in [2.75, 3.05) is 18.0 Å². The average Bonchev–Trinajstić information content (AvgIpc) is 3.17. The second kappa shape index (κ2) is 7.36. The molecular formula is C20H20N6. The van der Waals surface area contributed by atoms with Crippen LogP contribution in [0.2, 0.25) is 0 Å². The van der Waals surface area contributed by atoms with E-state index in [0.717, 1.165) is 49.8 Å². The predicted octanol–water partition coefficient (Wildman–Crippen LogP) is 2.98. The van der Waals surface area contributed by atoms with Gasteiger partial charge in [-0.05, 0) is 37.1 Å². The highest BCUT2D eigenvalue weighted by Gasteiger charge is 2.26. The molecule has 0 aliphatic carbocycles. The van der Waals surface area contributed by atoms with Crippen molar-refractivity contribution in [2.24, 2.45) is 0 Å². The summed E-state index contributed by atoms with van der Waals surface area (Å²) in [5.41, 5.74) is 1.65. The highest BCUT2D eigenvalue weighted by molar-refractivity contribution is 5.54. The van der Waals surface area contributed by atoms with Gasteiger partial charge in [0.2, 0.25) is 0 Å². The summed E-state index contributed by atoms with van der Waals surface area (Å²) in [4.78, 5) is 15.7. The third-order valence-electron chi connectivity index (χ3n) is 4.80. The molecule has 4 rings (SSSR count). The predicted molar refractivity (Wildman–Crippen MR) is 98.7 cm³/mol. The molecule has 4 heterocycles. The third kappa shape index (κ3) is 3.29. The Labute approximate surface area is 152 Å². The molecule has 0 bridgehead atoms. The second-order valence-electron chi connectivity index (χ2n) is 6.51. The molecule has 1 atom stereocenters. The summed E-state index contributed by atoms with van der Waals surface area (Å²) in [5, 5.41) is 9.37. The molecule has 0 unspecified atom stereocenters. The van der Waals surface area contributed by atoms with Crippen LogP contribution in [0, 0.1) is 11.3 Å². The maximum Gasteiger partial charge on any atom is 0.146 e. The highest BCUT2D eigenvalue weighted by atomic mass is 15.2. The number of pyridine rings is 2. The zero-order valence-corrected chi connectivity index (χ0v) is 14.5. The maximum absolute atomic E-state index is 9.37. The topological polar surface area (TPSA) is 70.6 Å². The summed E-state index contributed by atoms with van der Waals surface area (Å²) in [5.74, 6) is 2.17. The minimum absolute atomic E-state index is 0.316. The van der Waals surface area contributed by atoms with Gasteiger partial charge in [-0.2, -0.15) is 5.26 Å². The number of imidazole rings is 1. The number of hydrogen-bond donors (Lipinski definition) is 0. The van der Waals surface area contributed by atoms with Gasteiger partial charge in [0.1, 0.15) is 17.7 Å². The lowest BCUT2D eigenvalue weighted by molar-refractivity contribution is 0.473. The van der Waals surface area contributed by atoms with Crippen molar-refractivity contribution in [1.82, 2.24) is 19.5 Å². The van der Waals surface area contributed by atoms with Crippen LogP contribution in [0.5, 0.6) is 0 Å². The van der Waals surface area contributed by atoms with Crippen LogP contribution < -0.4 is 4.90 Å². The fraction of sp³-hybridized carbons (Fsp3) is 0.300. The monoisotopic (exact) mass is 344 g/mol. The maximum atomic E-state index is 9.37. The molecule has 0 amide bonds. The van der Waals surface area contributed by atoms with Crippen molar-refractivity contribution < 1.29 is 0 Å². The van der Waals surface area contributed by atoms with Crippen LogP contribution in [-0.4, -0.2) is 32.6 Å². The molecule has 6 heteroatoms. The molecular weight excluding hydrogens is 324 g/mol. The fourth-order valence-corrected chi connectivity index (χ4v) is 3.60. The van der Waals surface area contributed by atoms with E-state index in [1.165, 1.54) is 0 Å². The van der Waals surface area contributed by atoms with Crippen molar-refractivity contribution in [3.05, 3.63) is 72.2 Å². The number of anilines is 1. The summed E-state index contributed by atoms with van der Waals surface area (Å²) in [6, 6.07) is 11.9. The quantitative estimate of drug-likeness (QED) is 0.728. The smallest absolute Gasteiger partial charge is 0.146 e. The van der Waals surface area contributed by atoms with E-state index in [0.29, 0.717) is 11.5 Å². The van der Waals surface area contributed by atoms with Crippen molar-refractivity contribution in [1.29, 1.82) is 5.26 Å². The average molecular weight is 344 g/mol. The van der Waals surface area contributed by atoms with E-state index < -0.39 is 0 Å². The molecule has 3 aromatic heterocycles. The van der Waals surface area contributed by atoms with Crippen LogP contribution in [0.1, 0.15) is 35.8 Å². The number of piperidine rings is 1. The largest absolute Gasteiger partial charge is 0.355 e. The number of nitrogens with zero attached hydrogens (tertiary/aromatic N) is 6. The number of rotatable bonds is 4. The van der Waals surface area contributed by atoms with Gasteiger partial charge in [0.25, 0.3) is 0 Å². The van der Waals surface area contributed by atoms with Crippen LogP contribution in [0.4, 0.5) is 5.82 Å². The standard InChI is InChI=1S/C20H20N6/c21-13-16-5-3-9-23-19(16)25-11-4-6-17(14-25)20-24-10-12-26(20)15-18-7-1-2-8-22-18/h1-3,5,7-10,12,17H,4,6,11,14-15H2/t17-/m0/s1. The van der Waals surface area contributed by atoms with Gasteiger partial charge in [-0.25, -0.2) is 9.97 Å². The molecule has 1 aliphatic heterocycles. The van der Waals surface area contributed by atoms with Crippen molar-refractivity contribution in [3.63, 3.8) is 0 Å². The van der Waals surface area contributed by atoms with E-state index in [9.17, 15) is 5.26 Å². The summed E-state index contributed by atoms with van der Waals surface area (Å²) in [6.45, 7) is 2.47. The molecule has 1 saturated heterocycles. The van der Waals surface area contributed by atoms with Gasteiger partial charge in [0.15, 0.2) is 0 Å². The summed E-state index contributed by atoms with van der Waals surface area (Å²) >= 11 is 0. The third-order valence-corrected chi connectivity index (χ3v) is 4.80. The van der Waals surface area contributed by atoms with Crippen LogP contribution >= 0.6 is 0 Å². The first-order chi connectivity index (χ1) is 12.8. The second-order valence-corrected chi connectivity index (χ2v) is 6.51. The first kappa shape index (κ1) is 16.3.